The molecule has 1 aliphatic rings. The molecular formula is C24H22N4O3S. The third-order valence-corrected chi connectivity index (χ3v) is 6.10. The van der Waals surface area contributed by atoms with Crippen LogP contribution >= 0.6 is 11.3 Å². The highest BCUT2D eigenvalue weighted by atomic mass is 32.1. The van der Waals surface area contributed by atoms with Gasteiger partial charge in [0, 0.05) is 23.3 Å². The Hall–Kier alpha value is -3.78. The third-order valence-electron chi connectivity index (χ3n) is 5.43. The third kappa shape index (κ3) is 3.80. The lowest BCUT2D eigenvalue weighted by molar-refractivity contribution is 0.0601. The zero-order valence-electron chi connectivity index (χ0n) is 17.5. The number of nitrogens with zero attached hydrogens (tertiary/aromatic N) is 3. The van der Waals surface area contributed by atoms with Crippen molar-refractivity contribution in [2.75, 3.05) is 30.8 Å². The number of aromatic nitrogens is 2. The van der Waals surface area contributed by atoms with Crippen LogP contribution in [-0.2, 0) is 4.74 Å². The van der Waals surface area contributed by atoms with Gasteiger partial charge in [0.15, 0.2) is 5.13 Å². The molecular weight excluding hydrogens is 424 g/mol. The number of esters is 1. The molecule has 0 atom stereocenters. The van der Waals surface area contributed by atoms with Crippen molar-refractivity contribution in [2.24, 2.45) is 0 Å². The van der Waals surface area contributed by atoms with E-state index in [2.05, 4.69) is 9.88 Å². The average molecular weight is 447 g/mol. The number of benzene rings is 2. The van der Waals surface area contributed by atoms with Crippen LogP contribution in [0, 0.1) is 0 Å². The Bertz CT molecular complexity index is 1250. The smallest absolute Gasteiger partial charge is 0.340 e. The summed E-state index contributed by atoms with van der Waals surface area (Å²) in [6, 6.07) is 17.4. The average Bonchev–Trinajstić information content (AvgIpc) is 3.47. The number of thiazole rings is 1. The first kappa shape index (κ1) is 20.1. The van der Waals surface area contributed by atoms with Gasteiger partial charge in [-0.05, 0) is 36.4 Å². The first-order valence-electron chi connectivity index (χ1n) is 10.2. The first-order chi connectivity index (χ1) is 15.6. The molecule has 0 amide bonds. The molecule has 162 valence electrons. The molecule has 3 heterocycles. The van der Waals surface area contributed by atoms with Crippen LogP contribution < -0.4 is 15.4 Å². The summed E-state index contributed by atoms with van der Waals surface area (Å²) >= 11 is 1.42. The number of para-hydroxylation sites is 1. The van der Waals surface area contributed by atoms with Crippen LogP contribution in [-0.4, -0.2) is 41.8 Å². The quantitative estimate of drug-likeness (QED) is 0.446. The van der Waals surface area contributed by atoms with Crippen LogP contribution in [0.15, 0.2) is 72.4 Å². The number of anilines is 2. The van der Waals surface area contributed by atoms with Gasteiger partial charge in [-0.3, -0.25) is 0 Å². The molecule has 0 spiro atoms. The van der Waals surface area contributed by atoms with E-state index in [0.29, 0.717) is 23.8 Å². The number of hydrogen-bond acceptors (Lipinski definition) is 7. The second-order valence-electron chi connectivity index (χ2n) is 7.50. The highest BCUT2D eigenvalue weighted by Crippen LogP contribution is 2.33. The minimum absolute atomic E-state index is 0.0463. The highest BCUT2D eigenvalue weighted by Gasteiger charge is 2.32. The van der Waals surface area contributed by atoms with Gasteiger partial charge in [-0.2, -0.15) is 0 Å². The number of ether oxygens (including phenoxy) is 2. The molecule has 0 saturated carbocycles. The Balaban J connectivity index is 1.34. The minimum atomic E-state index is -0.358. The molecule has 0 unspecified atom stereocenters. The van der Waals surface area contributed by atoms with Crippen LogP contribution in [0.5, 0.6) is 5.75 Å². The zero-order chi connectivity index (χ0) is 22.1. The van der Waals surface area contributed by atoms with Gasteiger partial charge in [-0.25, -0.2) is 9.78 Å². The summed E-state index contributed by atoms with van der Waals surface area (Å²) in [7, 11) is 1.40. The van der Waals surface area contributed by atoms with Gasteiger partial charge in [0.05, 0.1) is 42.8 Å². The van der Waals surface area contributed by atoms with E-state index in [-0.39, 0.29) is 12.1 Å². The Labute approximate surface area is 189 Å². The number of carbonyl (C=O) groups excluding carboxylic acids is 1. The Morgan fingerprint density at radius 1 is 1.12 bits per heavy atom. The van der Waals surface area contributed by atoms with E-state index in [1.54, 1.807) is 6.07 Å². The number of carbonyl (C=O) groups is 1. The number of rotatable bonds is 6. The standard InChI is InChI=1S/C24H22N4O3S/c1-30-23(29)19-8-5-9-21(22(19)27-10-2-3-11-27)28-13-18(14-28)31-17-7-4-6-16(12-17)20-15-32-24(25)26-20/h2-12,15,18H,13-14H2,1H3,(H2,25,26). The molecule has 2 aromatic heterocycles. The van der Waals surface area contributed by atoms with E-state index in [4.69, 9.17) is 15.2 Å². The number of hydrogen-bond donors (Lipinski definition) is 1. The topological polar surface area (TPSA) is 82.6 Å². The van der Waals surface area contributed by atoms with Crippen molar-refractivity contribution >= 4 is 28.1 Å². The van der Waals surface area contributed by atoms with Crippen molar-refractivity contribution in [1.29, 1.82) is 0 Å². The van der Waals surface area contributed by atoms with E-state index in [0.717, 1.165) is 28.4 Å². The van der Waals surface area contributed by atoms with Gasteiger partial charge in [0.2, 0.25) is 0 Å². The molecule has 0 aliphatic carbocycles. The maximum atomic E-state index is 12.4. The lowest BCUT2D eigenvalue weighted by Crippen LogP contribution is -2.54. The summed E-state index contributed by atoms with van der Waals surface area (Å²) in [6.07, 6.45) is 3.90. The molecule has 1 fully saturated rings. The second-order valence-corrected chi connectivity index (χ2v) is 8.39. The maximum Gasteiger partial charge on any atom is 0.340 e. The fourth-order valence-corrected chi connectivity index (χ4v) is 4.44. The molecule has 0 radical (unpaired) electrons. The molecule has 0 bridgehead atoms. The van der Waals surface area contributed by atoms with Crippen molar-refractivity contribution < 1.29 is 14.3 Å². The fraction of sp³-hybridized carbons (Fsp3) is 0.167. The van der Waals surface area contributed by atoms with E-state index in [1.165, 1.54) is 18.4 Å². The summed E-state index contributed by atoms with van der Waals surface area (Å²) in [6.45, 7) is 1.43. The second kappa shape index (κ2) is 8.39. The van der Waals surface area contributed by atoms with Crippen LogP contribution in [0.2, 0.25) is 0 Å². The van der Waals surface area contributed by atoms with Gasteiger partial charge in [-0.1, -0.05) is 18.2 Å². The molecule has 2 N–H and O–H groups in total. The van der Waals surface area contributed by atoms with E-state index >= 15 is 0 Å². The van der Waals surface area contributed by atoms with Crippen molar-refractivity contribution in [3.05, 3.63) is 77.9 Å². The Morgan fingerprint density at radius 2 is 1.91 bits per heavy atom. The highest BCUT2D eigenvalue weighted by molar-refractivity contribution is 7.13. The van der Waals surface area contributed by atoms with Crippen LogP contribution in [0.1, 0.15) is 10.4 Å². The lowest BCUT2D eigenvalue weighted by atomic mass is 10.1. The summed E-state index contributed by atoms with van der Waals surface area (Å²) in [5.41, 5.74) is 9.90. The predicted molar refractivity (Wildman–Crippen MR) is 126 cm³/mol. The molecule has 7 nitrogen and oxygen atoms in total. The molecule has 1 aliphatic heterocycles. The van der Waals surface area contributed by atoms with Crippen molar-refractivity contribution in [1.82, 2.24) is 9.55 Å². The van der Waals surface area contributed by atoms with Gasteiger partial charge >= 0.3 is 5.97 Å². The van der Waals surface area contributed by atoms with Gasteiger partial charge in [0.1, 0.15) is 11.9 Å². The largest absolute Gasteiger partial charge is 0.487 e. The normalized spacial score (nSPS) is 13.6. The number of nitrogen functional groups attached to an aromatic ring is 1. The maximum absolute atomic E-state index is 12.4. The van der Waals surface area contributed by atoms with Crippen molar-refractivity contribution in [3.63, 3.8) is 0 Å². The SMILES string of the molecule is COC(=O)c1cccc(N2CC(Oc3cccc(-c4csc(N)n4)c3)C2)c1-n1cccc1. The summed E-state index contributed by atoms with van der Waals surface area (Å²) in [4.78, 5) is 18.9. The lowest BCUT2D eigenvalue weighted by Gasteiger charge is -2.41. The van der Waals surface area contributed by atoms with Crippen LogP contribution in [0.4, 0.5) is 10.8 Å². The van der Waals surface area contributed by atoms with Gasteiger partial charge in [0.25, 0.3) is 0 Å². The van der Waals surface area contributed by atoms with Crippen molar-refractivity contribution in [2.45, 2.75) is 6.10 Å². The number of methoxy groups -OCH3 is 1. The molecule has 4 aromatic rings. The molecule has 2 aromatic carbocycles. The van der Waals surface area contributed by atoms with Crippen molar-refractivity contribution in [3.8, 4) is 22.7 Å². The monoisotopic (exact) mass is 446 g/mol. The van der Waals surface area contributed by atoms with Crippen LogP contribution in [0.25, 0.3) is 16.9 Å². The Kier molecular flexibility index (Phi) is 5.28. The fourth-order valence-electron chi connectivity index (χ4n) is 3.87. The van der Waals surface area contributed by atoms with E-state index in [1.807, 2.05) is 70.9 Å². The molecule has 8 heteroatoms. The summed E-state index contributed by atoms with van der Waals surface area (Å²) in [5, 5.41) is 2.49. The molecule has 5 rings (SSSR count). The zero-order valence-corrected chi connectivity index (χ0v) is 18.3. The van der Waals surface area contributed by atoms with Crippen LogP contribution in [0.3, 0.4) is 0 Å². The minimum Gasteiger partial charge on any atom is -0.487 e. The summed E-state index contributed by atoms with van der Waals surface area (Å²) in [5.74, 6) is 0.441. The molecule has 32 heavy (non-hydrogen) atoms. The van der Waals surface area contributed by atoms with E-state index in [9.17, 15) is 4.79 Å². The van der Waals surface area contributed by atoms with Gasteiger partial charge in [-0.15, -0.1) is 11.3 Å². The predicted octanol–water partition coefficient (Wildman–Crippen LogP) is 4.24. The number of nitrogens with two attached hydrogens (primary N) is 1. The Morgan fingerprint density at radius 3 is 2.62 bits per heavy atom. The van der Waals surface area contributed by atoms with E-state index < -0.39 is 0 Å². The first-order valence-corrected chi connectivity index (χ1v) is 11.1. The molecule has 1 saturated heterocycles. The van der Waals surface area contributed by atoms with Gasteiger partial charge < -0.3 is 24.7 Å². The summed E-state index contributed by atoms with van der Waals surface area (Å²) < 4.78 is 13.2.